The molecule has 0 aromatic heterocycles. The molecule has 13 heavy (non-hydrogen) atoms. The smallest absolute Gasteiger partial charge is 0.273 e. The first kappa shape index (κ1) is 12.3. The Labute approximate surface area is 81.4 Å². The SMILES string of the molecule is Clc1ccccc1.NNS(=O)(=O)O. The molecule has 0 heterocycles. The third-order valence-corrected chi connectivity index (χ3v) is 1.43. The summed E-state index contributed by atoms with van der Waals surface area (Å²) in [4.78, 5) is 1.13. The number of halogens is 1. The van der Waals surface area contributed by atoms with Crippen molar-refractivity contribution in [2.75, 3.05) is 0 Å². The van der Waals surface area contributed by atoms with Crippen LogP contribution >= 0.6 is 11.6 Å². The topological polar surface area (TPSA) is 92.4 Å². The van der Waals surface area contributed by atoms with Crippen molar-refractivity contribution >= 4 is 21.9 Å². The van der Waals surface area contributed by atoms with Crippen molar-refractivity contribution in [1.82, 2.24) is 4.83 Å². The average molecular weight is 225 g/mol. The Bertz CT molecular complexity index is 327. The second-order valence-corrected chi connectivity index (χ2v) is 3.51. The lowest BCUT2D eigenvalue weighted by atomic mass is 10.4. The Balaban J connectivity index is 0.000000226. The Hall–Kier alpha value is -0.660. The minimum absolute atomic E-state index is 0.794. The van der Waals surface area contributed by atoms with E-state index in [1.807, 2.05) is 30.3 Å². The van der Waals surface area contributed by atoms with E-state index in [-0.39, 0.29) is 0 Å². The van der Waals surface area contributed by atoms with E-state index in [2.05, 4.69) is 5.84 Å². The first-order chi connectivity index (χ1) is 5.95. The molecule has 1 aromatic carbocycles. The zero-order valence-electron chi connectivity index (χ0n) is 6.51. The molecule has 1 rings (SSSR count). The number of benzene rings is 1. The second-order valence-electron chi connectivity index (χ2n) is 1.89. The Morgan fingerprint density at radius 2 is 1.69 bits per heavy atom. The average Bonchev–Trinajstić information content (AvgIpc) is 2.06. The van der Waals surface area contributed by atoms with Crippen LogP contribution in [-0.2, 0) is 10.3 Å². The highest BCUT2D eigenvalue weighted by molar-refractivity contribution is 7.83. The summed E-state index contributed by atoms with van der Waals surface area (Å²) in [6, 6.07) is 9.44. The lowest BCUT2D eigenvalue weighted by molar-refractivity contribution is 0.469. The lowest BCUT2D eigenvalue weighted by Crippen LogP contribution is -2.29. The number of nitrogens with one attached hydrogen (secondary N) is 1. The lowest BCUT2D eigenvalue weighted by Gasteiger charge is -1.83. The third kappa shape index (κ3) is 9.25. The molecule has 0 atom stereocenters. The fourth-order valence-corrected chi connectivity index (χ4v) is 0.560. The predicted molar refractivity (Wildman–Crippen MR) is 50.3 cm³/mol. The number of rotatable bonds is 1. The van der Waals surface area contributed by atoms with Crippen molar-refractivity contribution in [3.8, 4) is 0 Å². The summed E-state index contributed by atoms with van der Waals surface area (Å²) >= 11 is 5.54. The maximum Gasteiger partial charge on any atom is 0.346 e. The molecule has 0 saturated heterocycles. The quantitative estimate of drug-likeness (QED) is 0.370. The monoisotopic (exact) mass is 224 g/mol. The van der Waals surface area contributed by atoms with Crippen molar-refractivity contribution in [2.45, 2.75) is 0 Å². The van der Waals surface area contributed by atoms with Crippen LogP contribution in [0.4, 0.5) is 0 Å². The van der Waals surface area contributed by atoms with Gasteiger partial charge in [0.15, 0.2) is 0 Å². The van der Waals surface area contributed by atoms with E-state index in [1.165, 1.54) is 0 Å². The fourth-order valence-electron chi connectivity index (χ4n) is 0.415. The largest absolute Gasteiger partial charge is 0.346 e. The molecule has 0 aliphatic heterocycles. The third-order valence-electron chi connectivity index (χ3n) is 0.882. The summed E-state index contributed by atoms with van der Waals surface area (Å²) in [6.45, 7) is 0. The van der Waals surface area contributed by atoms with Crippen LogP contribution in [0.25, 0.3) is 0 Å². The molecule has 0 aliphatic carbocycles. The van der Waals surface area contributed by atoms with Gasteiger partial charge in [0.25, 0.3) is 0 Å². The van der Waals surface area contributed by atoms with E-state index in [4.69, 9.17) is 16.2 Å². The van der Waals surface area contributed by atoms with E-state index < -0.39 is 10.3 Å². The zero-order chi connectivity index (χ0) is 10.3. The molecule has 0 aliphatic rings. The normalized spacial score (nSPS) is 10.1. The van der Waals surface area contributed by atoms with E-state index in [0.717, 1.165) is 9.85 Å². The molecule has 7 heteroatoms. The molecule has 0 unspecified atom stereocenters. The molecule has 0 saturated carbocycles. The summed E-state index contributed by atoms with van der Waals surface area (Å²) in [6.07, 6.45) is 0. The summed E-state index contributed by atoms with van der Waals surface area (Å²) < 4.78 is 26.2. The van der Waals surface area contributed by atoms with Crippen molar-refractivity contribution in [1.29, 1.82) is 0 Å². The zero-order valence-corrected chi connectivity index (χ0v) is 8.09. The number of hydrazine groups is 1. The van der Waals surface area contributed by atoms with Crippen LogP contribution in [0, 0.1) is 0 Å². The number of hydrogen-bond acceptors (Lipinski definition) is 3. The minimum Gasteiger partial charge on any atom is -0.273 e. The number of nitrogens with two attached hydrogens (primary N) is 1. The summed E-state index contributed by atoms with van der Waals surface area (Å²) in [7, 11) is -4.13. The molecular weight excluding hydrogens is 216 g/mol. The molecule has 74 valence electrons. The van der Waals surface area contributed by atoms with E-state index in [0.29, 0.717) is 0 Å². The molecule has 0 spiro atoms. The van der Waals surface area contributed by atoms with Gasteiger partial charge >= 0.3 is 10.3 Å². The van der Waals surface area contributed by atoms with Gasteiger partial charge < -0.3 is 0 Å². The summed E-state index contributed by atoms with van der Waals surface area (Å²) in [5, 5.41) is 0.794. The maximum absolute atomic E-state index is 9.32. The summed E-state index contributed by atoms with van der Waals surface area (Å²) in [5.41, 5.74) is 0. The van der Waals surface area contributed by atoms with Gasteiger partial charge in [-0.1, -0.05) is 29.8 Å². The maximum atomic E-state index is 9.32. The van der Waals surface area contributed by atoms with Gasteiger partial charge in [-0.25, -0.2) is 0 Å². The van der Waals surface area contributed by atoms with Crippen molar-refractivity contribution in [3.63, 3.8) is 0 Å². The summed E-state index contributed by atoms with van der Waals surface area (Å²) in [5.74, 6) is 4.22. The van der Waals surface area contributed by atoms with Crippen LogP contribution in [-0.4, -0.2) is 13.0 Å². The van der Waals surface area contributed by atoms with Crippen LogP contribution in [0.2, 0.25) is 5.02 Å². The van der Waals surface area contributed by atoms with Crippen LogP contribution in [0.3, 0.4) is 0 Å². The Kier molecular flexibility index (Phi) is 5.60. The molecule has 5 nitrogen and oxygen atoms in total. The van der Waals surface area contributed by atoms with Gasteiger partial charge in [-0.2, -0.15) is 8.42 Å². The van der Waals surface area contributed by atoms with Gasteiger partial charge in [0.05, 0.1) is 0 Å². The van der Waals surface area contributed by atoms with Crippen molar-refractivity contribution in [2.24, 2.45) is 5.84 Å². The second kappa shape index (κ2) is 5.90. The highest BCUT2D eigenvalue weighted by Gasteiger charge is 1.91. The molecule has 0 amide bonds. The van der Waals surface area contributed by atoms with Gasteiger partial charge in [-0.05, 0) is 12.1 Å². The van der Waals surface area contributed by atoms with Gasteiger partial charge in [-0.15, -0.1) is 4.83 Å². The van der Waals surface area contributed by atoms with Crippen molar-refractivity contribution in [3.05, 3.63) is 35.4 Å². The van der Waals surface area contributed by atoms with Crippen LogP contribution in [0.5, 0.6) is 0 Å². The predicted octanol–water partition coefficient (Wildman–Crippen LogP) is 0.592. The number of hydrogen-bond donors (Lipinski definition) is 3. The van der Waals surface area contributed by atoms with Crippen LogP contribution < -0.4 is 10.7 Å². The van der Waals surface area contributed by atoms with Crippen LogP contribution in [0.15, 0.2) is 30.3 Å². The minimum atomic E-state index is -4.13. The van der Waals surface area contributed by atoms with Crippen LogP contribution in [0.1, 0.15) is 0 Å². The van der Waals surface area contributed by atoms with Gasteiger partial charge in [0.1, 0.15) is 0 Å². The van der Waals surface area contributed by atoms with Gasteiger partial charge in [0.2, 0.25) is 0 Å². The molecular formula is C6H9ClN2O3S. The standard InChI is InChI=1S/C6H5Cl.H4N2O3S/c7-6-4-2-1-3-5-6;1-2-6(3,4)5/h1-5H;2H,1H2,(H,3,4,5). The van der Waals surface area contributed by atoms with Gasteiger partial charge in [0, 0.05) is 5.02 Å². The first-order valence-electron chi connectivity index (χ1n) is 3.11. The molecule has 0 bridgehead atoms. The fraction of sp³-hybridized carbons (Fsp3) is 0. The van der Waals surface area contributed by atoms with E-state index in [9.17, 15) is 8.42 Å². The molecule has 4 N–H and O–H groups in total. The van der Waals surface area contributed by atoms with Crippen molar-refractivity contribution < 1.29 is 13.0 Å². The highest BCUT2D eigenvalue weighted by Crippen LogP contribution is 2.03. The first-order valence-corrected chi connectivity index (χ1v) is 4.93. The Morgan fingerprint density at radius 3 is 1.85 bits per heavy atom. The molecule has 1 aromatic rings. The molecule has 0 fully saturated rings. The Morgan fingerprint density at radius 1 is 1.31 bits per heavy atom. The molecule has 0 radical (unpaired) electrons. The highest BCUT2D eigenvalue weighted by atomic mass is 35.5. The van der Waals surface area contributed by atoms with E-state index >= 15 is 0 Å². The van der Waals surface area contributed by atoms with Gasteiger partial charge in [-0.3, -0.25) is 10.4 Å². The van der Waals surface area contributed by atoms with E-state index in [1.54, 1.807) is 0 Å².